The standard InChI is InChI=1S/C15H19N5O2S/c1-9(2)20-8-16-13-7-12(5-6-14(13)20)19-23(21,22)15-10(3)17-18-11(15)4/h5-9,19H,1-4H3,(H,17,18). The van der Waals surface area contributed by atoms with Gasteiger partial charge in [0, 0.05) is 6.04 Å². The van der Waals surface area contributed by atoms with E-state index in [2.05, 4.69) is 33.8 Å². The Labute approximate surface area is 134 Å². The fraction of sp³-hybridized carbons (Fsp3) is 0.333. The van der Waals surface area contributed by atoms with Crippen molar-refractivity contribution < 1.29 is 8.42 Å². The van der Waals surface area contributed by atoms with Gasteiger partial charge in [-0.05, 0) is 45.9 Å². The van der Waals surface area contributed by atoms with Gasteiger partial charge in [-0.1, -0.05) is 0 Å². The SMILES string of the molecule is Cc1n[nH]c(C)c1S(=O)(=O)Nc1ccc2c(c1)ncn2C(C)C. The lowest BCUT2D eigenvalue weighted by molar-refractivity contribution is 0.600. The number of H-pyrrole nitrogens is 1. The minimum atomic E-state index is -3.69. The molecule has 2 aromatic heterocycles. The van der Waals surface area contributed by atoms with E-state index in [0.717, 1.165) is 11.0 Å². The number of hydrogen-bond acceptors (Lipinski definition) is 4. The Morgan fingerprint density at radius 3 is 2.61 bits per heavy atom. The summed E-state index contributed by atoms with van der Waals surface area (Å²) in [4.78, 5) is 4.52. The van der Waals surface area contributed by atoms with Gasteiger partial charge in [-0.3, -0.25) is 9.82 Å². The topological polar surface area (TPSA) is 92.7 Å². The highest BCUT2D eigenvalue weighted by atomic mass is 32.2. The van der Waals surface area contributed by atoms with Crippen LogP contribution in [0, 0.1) is 13.8 Å². The zero-order valence-corrected chi connectivity index (χ0v) is 14.3. The van der Waals surface area contributed by atoms with Crippen LogP contribution in [-0.4, -0.2) is 28.2 Å². The number of hydrogen-bond donors (Lipinski definition) is 2. The normalized spacial score (nSPS) is 12.2. The average molecular weight is 333 g/mol. The molecule has 0 spiro atoms. The van der Waals surface area contributed by atoms with E-state index >= 15 is 0 Å². The lowest BCUT2D eigenvalue weighted by atomic mass is 10.2. The van der Waals surface area contributed by atoms with E-state index in [9.17, 15) is 8.42 Å². The lowest BCUT2D eigenvalue weighted by Gasteiger charge is -2.10. The summed E-state index contributed by atoms with van der Waals surface area (Å²) in [6, 6.07) is 5.63. The second kappa shape index (κ2) is 5.38. The number of aryl methyl sites for hydroxylation is 2. The monoisotopic (exact) mass is 333 g/mol. The van der Waals surface area contributed by atoms with Gasteiger partial charge in [0.2, 0.25) is 0 Å². The van der Waals surface area contributed by atoms with Gasteiger partial charge in [0.1, 0.15) is 4.90 Å². The first kappa shape index (κ1) is 15.5. The number of rotatable bonds is 4. The maximum atomic E-state index is 12.6. The highest BCUT2D eigenvalue weighted by Crippen LogP contribution is 2.24. The molecule has 0 saturated carbocycles. The predicted molar refractivity (Wildman–Crippen MR) is 89.0 cm³/mol. The molecule has 0 atom stereocenters. The summed E-state index contributed by atoms with van der Waals surface area (Å²) in [6.07, 6.45) is 1.76. The number of aromatic nitrogens is 4. The van der Waals surface area contributed by atoms with Crippen molar-refractivity contribution in [1.29, 1.82) is 0 Å². The highest BCUT2D eigenvalue weighted by Gasteiger charge is 2.22. The summed E-state index contributed by atoms with van der Waals surface area (Å²) in [5, 5.41) is 6.63. The molecule has 0 aliphatic carbocycles. The zero-order chi connectivity index (χ0) is 16.8. The van der Waals surface area contributed by atoms with E-state index in [0.29, 0.717) is 23.1 Å². The molecule has 7 nitrogen and oxygen atoms in total. The molecule has 23 heavy (non-hydrogen) atoms. The molecule has 0 saturated heterocycles. The van der Waals surface area contributed by atoms with Crippen molar-refractivity contribution in [2.24, 2.45) is 0 Å². The van der Waals surface area contributed by atoms with Gasteiger partial charge in [0.05, 0.1) is 34.4 Å². The van der Waals surface area contributed by atoms with E-state index in [4.69, 9.17) is 0 Å². The summed E-state index contributed by atoms with van der Waals surface area (Å²) < 4.78 is 29.7. The van der Waals surface area contributed by atoms with Crippen LogP contribution in [0.2, 0.25) is 0 Å². The number of fused-ring (bicyclic) bond motifs is 1. The molecule has 3 aromatic rings. The van der Waals surface area contributed by atoms with E-state index in [-0.39, 0.29) is 4.90 Å². The Bertz CT molecular complexity index is 950. The molecule has 0 aliphatic rings. The predicted octanol–water partition coefficient (Wildman–Crippen LogP) is 2.76. The number of aromatic amines is 1. The second-order valence-corrected chi connectivity index (χ2v) is 7.44. The van der Waals surface area contributed by atoms with Gasteiger partial charge in [0.15, 0.2) is 0 Å². The van der Waals surface area contributed by atoms with Crippen LogP contribution in [0.5, 0.6) is 0 Å². The van der Waals surface area contributed by atoms with Crippen molar-refractivity contribution in [2.75, 3.05) is 4.72 Å². The highest BCUT2D eigenvalue weighted by molar-refractivity contribution is 7.92. The van der Waals surface area contributed by atoms with Gasteiger partial charge in [-0.2, -0.15) is 5.10 Å². The molecule has 0 bridgehead atoms. The van der Waals surface area contributed by atoms with Crippen molar-refractivity contribution in [2.45, 2.75) is 38.6 Å². The van der Waals surface area contributed by atoms with Crippen molar-refractivity contribution in [1.82, 2.24) is 19.7 Å². The second-order valence-electron chi connectivity index (χ2n) is 5.82. The van der Waals surface area contributed by atoms with E-state index in [1.54, 1.807) is 32.3 Å². The number of nitrogens with zero attached hydrogens (tertiary/aromatic N) is 3. The van der Waals surface area contributed by atoms with Crippen LogP contribution in [0.25, 0.3) is 11.0 Å². The average Bonchev–Trinajstić information content (AvgIpc) is 3.01. The fourth-order valence-electron chi connectivity index (χ4n) is 2.65. The van der Waals surface area contributed by atoms with Crippen molar-refractivity contribution in [3.8, 4) is 0 Å². The molecule has 0 aliphatic heterocycles. The van der Waals surface area contributed by atoms with Crippen molar-refractivity contribution in [3.63, 3.8) is 0 Å². The first-order valence-corrected chi connectivity index (χ1v) is 8.79. The summed E-state index contributed by atoms with van der Waals surface area (Å²) in [5.41, 5.74) is 3.16. The third-order valence-corrected chi connectivity index (χ3v) is 5.36. The molecule has 2 N–H and O–H groups in total. The maximum absolute atomic E-state index is 12.6. The number of nitrogens with one attached hydrogen (secondary N) is 2. The minimum Gasteiger partial charge on any atom is -0.328 e. The Balaban J connectivity index is 1.99. The molecule has 1 aromatic carbocycles. The lowest BCUT2D eigenvalue weighted by Crippen LogP contribution is -2.14. The van der Waals surface area contributed by atoms with Gasteiger partial charge in [-0.15, -0.1) is 0 Å². The third kappa shape index (κ3) is 2.70. The summed E-state index contributed by atoms with van der Waals surface area (Å²) in [5.74, 6) is 0. The largest absolute Gasteiger partial charge is 0.328 e. The van der Waals surface area contributed by atoms with Gasteiger partial charge >= 0.3 is 0 Å². The number of benzene rings is 1. The van der Waals surface area contributed by atoms with Gasteiger partial charge in [-0.25, -0.2) is 13.4 Å². The summed E-state index contributed by atoms with van der Waals surface area (Å²) >= 11 is 0. The van der Waals surface area contributed by atoms with Crippen LogP contribution < -0.4 is 4.72 Å². The molecule has 0 fully saturated rings. The van der Waals surface area contributed by atoms with E-state index < -0.39 is 10.0 Å². The third-order valence-electron chi connectivity index (χ3n) is 3.71. The first-order valence-electron chi connectivity index (χ1n) is 7.30. The molecule has 3 rings (SSSR count). The summed E-state index contributed by atoms with van der Waals surface area (Å²) in [7, 11) is -3.69. The summed E-state index contributed by atoms with van der Waals surface area (Å²) in [6.45, 7) is 7.48. The minimum absolute atomic E-state index is 0.185. The Morgan fingerprint density at radius 2 is 2.00 bits per heavy atom. The number of sulfonamides is 1. The van der Waals surface area contributed by atoms with Crippen LogP contribution in [0.3, 0.4) is 0 Å². The van der Waals surface area contributed by atoms with Gasteiger partial charge in [0.25, 0.3) is 10.0 Å². The van der Waals surface area contributed by atoms with E-state index in [1.807, 2.05) is 10.6 Å². The van der Waals surface area contributed by atoms with Gasteiger partial charge < -0.3 is 4.57 Å². The van der Waals surface area contributed by atoms with Crippen molar-refractivity contribution in [3.05, 3.63) is 35.9 Å². The van der Waals surface area contributed by atoms with Crippen LogP contribution >= 0.6 is 0 Å². The molecular weight excluding hydrogens is 314 g/mol. The number of anilines is 1. The molecule has 0 radical (unpaired) electrons. The van der Waals surface area contributed by atoms with E-state index in [1.165, 1.54) is 0 Å². The molecule has 8 heteroatoms. The molecule has 122 valence electrons. The molecule has 2 heterocycles. The van der Waals surface area contributed by atoms with Crippen LogP contribution in [0.4, 0.5) is 5.69 Å². The Kier molecular flexibility index (Phi) is 3.63. The Morgan fingerprint density at radius 1 is 1.26 bits per heavy atom. The molecule has 0 amide bonds. The van der Waals surface area contributed by atoms with Crippen molar-refractivity contribution >= 4 is 26.7 Å². The zero-order valence-electron chi connectivity index (χ0n) is 13.5. The smallest absolute Gasteiger partial charge is 0.265 e. The quantitative estimate of drug-likeness (QED) is 0.768. The first-order chi connectivity index (χ1) is 10.8. The number of imidazole rings is 1. The fourth-order valence-corrected chi connectivity index (χ4v) is 4.07. The van der Waals surface area contributed by atoms with Crippen LogP contribution in [-0.2, 0) is 10.0 Å². The molecular formula is C15H19N5O2S. The molecule has 0 unspecified atom stereocenters. The maximum Gasteiger partial charge on any atom is 0.265 e. The van der Waals surface area contributed by atoms with Crippen LogP contribution in [0.15, 0.2) is 29.4 Å². The Hall–Kier alpha value is -2.35. The van der Waals surface area contributed by atoms with Crippen LogP contribution in [0.1, 0.15) is 31.3 Å².